The standard InChI is InChI=1S/C28H38Si2/c1-9-20-17-22-19-24-23(26(22)25(18-20)29(3,4)5)15-16-28(10-2,30(6,7)8)27(24)21-13-11-12-14-21/h11-13,15-19H,9-10,14H2,1-8H3. The van der Waals surface area contributed by atoms with Crippen LogP contribution in [0.4, 0.5) is 0 Å². The Balaban J connectivity index is 2.14. The number of aryl methyl sites for hydroxylation is 1. The van der Waals surface area contributed by atoms with E-state index in [1.54, 1.807) is 21.6 Å². The molecule has 30 heavy (non-hydrogen) atoms. The Hall–Kier alpha value is -1.65. The van der Waals surface area contributed by atoms with Gasteiger partial charge in [0.05, 0.1) is 16.1 Å². The fourth-order valence-corrected chi connectivity index (χ4v) is 10.1. The highest BCUT2D eigenvalue weighted by Gasteiger charge is 2.47. The number of benzene rings is 1. The molecule has 3 aliphatic rings. The second-order valence-corrected chi connectivity index (χ2v) is 21.7. The van der Waals surface area contributed by atoms with Gasteiger partial charge in [-0.25, -0.2) is 0 Å². The summed E-state index contributed by atoms with van der Waals surface area (Å²) >= 11 is 0. The molecule has 0 N–H and O–H groups in total. The summed E-state index contributed by atoms with van der Waals surface area (Å²) in [5.41, 5.74) is 7.70. The van der Waals surface area contributed by atoms with Crippen LogP contribution < -0.4 is 15.6 Å². The zero-order valence-electron chi connectivity index (χ0n) is 20.2. The van der Waals surface area contributed by atoms with Gasteiger partial charge in [-0.3, -0.25) is 0 Å². The summed E-state index contributed by atoms with van der Waals surface area (Å²) in [5.74, 6) is 0. The first-order chi connectivity index (χ1) is 14.0. The predicted octanol–water partition coefficient (Wildman–Crippen LogP) is 5.98. The van der Waals surface area contributed by atoms with Crippen molar-refractivity contribution in [3.63, 3.8) is 0 Å². The molecule has 4 rings (SSSR count). The molecule has 0 saturated heterocycles. The van der Waals surface area contributed by atoms with E-state index in [0.717, 1.165) is 12.8 Å². The molecule has 1 aromatic rings. The van der Waals surface area contributed by atoms with Gasteiger partial charge < -0.3 is 0 Å². The SMILES string of the molecule is CCc1cc([Si](C)(C)C)c2c(c1)=CC1=C(C3=CC=CC3)C(CC)([Si](C)(C)C)C=CC=21. The third kappa shape index (κ3) is 3.15. The van der Waals surface area contributed by atoms with E-state index >= 15 is 0 Å². The van der Waals surface area contributed by atoms with Crippen molar-refractivity contribution in [3.8, 4) is 0 Å². The van der Waals surface area contributed by atoms with Crippen LogP contribution in [0.2, 0.25) is 44.3 Å². The lowest BCUT2D eigenvalue weighted by atomic mass is 9.79. The number of allylic oxidation sites excluding steroid dienone is 8. The first-order valence-corrected chi connectivity index (χ1v) is 18.7. The smallest absolute Gasteiger partial charge is 0.0784 e. The summed E-state index contributed by atoms with van der Waals surface area (Å²) in [6.07, 6.45) is 18.0. The van der Waals surface area contributed by atoms with Crippen molar-refractivity contribution in [2.24, 2.45) is 0 Å². The molecular weight excluding hydrogens is 392 g/mol. The summed E-state index contributed by atoms with van der Waals surface area (Å²) in [5, 5.41) is 4.85. The van der Waals surface area contributed by atoms with Gasteiger partial charge in [-0.1, -0.05) is 101 Å². The first kappa shape index (κ1) is 21.6. The zero-order valence-corrected chi connectivity index (χ0v) is 22.2. The molecule has 0 saturated carbocycles. The third-order valence-corrected chi connectivity index (χ3v) is 13.0. The lowest BCUT2D eigenvalue weighted by molar-refractivity contribution is 0.715. The summed E-state index contributed by atoms with van der Waals surface area (Å²) in [6.45, 7) is 19.9. The van der Waals surface area contributed by atoms with Crippen molar-refractivity contribution < 1.29 is 0 Å². The van der Waals surface area contributed by atoms with Crippen LogP contribution in [-0.2, 0) is 6.42 Å². The van der Waals surface area contributed by atoms with E-state index in [1.807, 2.05) is 0 Å². The van der Waals surface area contributed by atoms with Gasteiger partial charge in [0, 0.05) is 5.04 Å². The van der Waals surface area contributed by atoms with Crippen molar-refractivity contribution in [1.29, 1.82) is 0 Å². The zero-order chi connectivity index (χ0) is 21.9. The number of hydrogen-bond acceptors (Lipinski definition) is 0. The molecule has 2 heteroatoms. The van der Waals surface area contributed by atoms with Gasteiger partial charge in [-0.05, 0) is 63.6 Å². The maximum Gasteiger partial charge on any atom is 0.0784 e. The molecule has 0 fully saturated rings. The van der Waals surface area contributed by atoms with Crippen LogP contribution in [0.5, 0.6) is 0 Å². The van der Waals surface area contributed by atoms with Crippen LogP contribution in [0.1, 0.15) is 32.3 Å². The second kappa shape index (κ2) is 7.20. The maximum absolute atomic E-state index is 2.62. The highest BCUT2D eigenvalue weighted by atomic mass is 28.3. The fourth-order valence-electron chi connectivity index (χ4n) is 5.78. The molecule has 0 heterocycles. The lowest BCUT2D eigenvalue weighted by Crippen LogP contribution is -2.53. The molecule has 0 nitrogen and oxygen atoms in total. The van der Waals surface area contributed by atoms with Crippen molar-refractivity contribution in [2.45, 2.75) is 77.4 Å². The molecule has 0 aliphatic heterocycles. The average Bonchev–Trinajstić information content (AvgIpc) is 3.31. The van der Waals surface area contributed by atoms with Gasteiger partial charge >= 0.3 is 0 Å². The Morgan fingerprint density at radius 3 is 2.23 bits per heavy atom. The fraction of sp³-hybridized carbons (Fsp3) is 0.429. The number of hydrogen-bond donors (Lipinski definition) is 0. The normalized spacial score (nSPS) is 22.9. The summed E-state index contributed by atoms with van der Waals surface area (Å²) in [4.78, 5) is 0. The minimum Gasteiger partial charge on any atom is -0.0801 e. The summed E-state index contributed by atoms with van der Waals surface area (Å²) in [6, 6.07) is 4.99. The first-order valence-electron chi connectivity index (χ1n) is 11.7. The summed E-state index contributed by atoms with van der Waals surface area (Å²) in [7, 11) is -2.97. The van der Waals surface area contributed by atoms with Crippen LogP contribution in [0.25, 0.3) is 11.6 Å². The van der Waals surface area contributed by atoms with E-state index in [-0.39, 0.29) is 5.04 Å². The van der Waals surface area contributed by atoms with E-state index in [1.165, 1.54) is 28.3 Å². The third-order valence-electron chi connectivity index (χ3n) is 7.54. The molecule has 1 unspecified atom stereocenters. The minimum absolute atomic E-state index is 0.204. The summed E-state index contributed by atoms with van der Waals surface area (Å²) < 4.78 is 0. The molecular formula is C28H38Si2. The van der Waals surface area contributed by atoms with Crippen LogP contribution >= 0.6 is 0 Å². The lowest BCUT2D eigenvalue weighted by Gasteiger charge is -2.46. The van der Waals surface area contributed by atoms with Crippen molar-refractivity contribution >= 4 is 33.0 Å². The van der Waals surface area contributed by atoms with Gasteiger partial charge in [0.2, 0.25) is 0 Å². The average molecular weight is 431 g/mol. The molecule has 1 aromatic carbocycles. The van der Waals surface area contributed by atoms with Crippen molar-refractivity contribution in [2.75, 3.05) is 0 Å². The van der Waals surface area contributed by atoms with Crippen LogP contribution in [0.15, 0.2) is 59.2 Å². The van der Waals surface area contributed by atoms with Gasteiger partial charge in [0.1, 0.15) is 0 Å². The number of rotatable bonds is 5. The predicted molar refractivity (Wildman–Crippen MR) is 140 cm³/mol. The highest BCUT2D eigenvalue weighted by Crippen LogP contribution is 2.57. The Morgan fingerprint density at radius 1 is 0.967 bits per heavy atom. The topological polar surface area (TPSA) is 0 Å². The molecule has 0 spiro atoms. The Labute approximate surface area is 185 Å². The van der Waals surface area contributed by atoms with Crippen LogP contribution in [-0.4, -0.2) is 16.1 Å². The van der Waals surface area contributed by atoms with Gasteiger partial charge in [0.15, 0.2) is 0 Å². The highest BCUT2D eigenvalue weighted by molar-refractivity contribution is 6.88. The molecule has 0 amide bonds. The Kier molecular flexibility index (Phi) is 5.18. The van der Waals surface area contributed by atoms with E-state index < -0.39 is 16.1 Å². The van der Waals surface area contributed by atoms with E-state index in [0.29, 0.717) is 0 Å². The van der Waals surface area contributed by atoms with Crippen molar-refractivity contribution in [1.82, 2.24) is 0 Å². The molecule has 0 aromatic heterocycles. The quantitative estimate of drug-likeness (QED) is 0.504. The van der Waals surface area contributed by atoms with Crippen LogP contribution in [0.3, 0.4) is 0 Å². The van der Waals surface area contributed by atoms with Crippen LogP contribution in [0, 0.1) is 0 Å². The van der Waals surface area contributed by atoms with E-state index in [4.69, 9.17) is 0 Å². The number of fused-ring (bicyclic) bond motifs is 2. The maximum atomic E-state index is 2.62. The largest absolute Gasteiger partial charge is 0.0801 e. The van der Waals surface area contributed by atoms with E-state index in [2.05, 4.69) is 102 Å². The van der Waals surface area contributed by atoms with E-state index in [9.17, 15) is 0 Å². The monoisotopic (exact) mass is 430 g/mol. The Morgan fingerprint density at radius 2 is 1.70 bits per heavy atom. The Bertz CT molecular complexity index is 1140. The molecule has 3 aliphatic carbocycles. The molecule has 1 atom stereocenters. The van der Waals surface area contributed by atoms with Gasteiger partial charge in [-0.2, -0.15) is 0 Å². The second-order valence-electron chi connectivity index (χ2n) is 11.3. The van der Waals surface area contributed by atoms with Gasteiger partial charge in [0.25, 0.3) is 0 Å². The van der Waals surface area contributed by atoms with Gasteiger partial charge in [-0.15, -0.1) is 0 Å². The molecule has 0 bridgehead atoms. The minimum atomic E-state index is -1.51. The van der Waals surface area contributed by atoms with Crippen molar-refractivity contribution in [3.05, 3.63) is 75.2 Å². The molecule has 158 valence electrons. The molecule has 0 radical (unpaired) electrons.